The molecule has 0 bridgehead atoms. The molecule has 2 aromatic carbocycles. The van der Waals surface area contributed by atoms with Crippen molar-refractivity contribution in [3.8, 4) is 5.69 Å². The molecule has 196 valence electrons. The van der Waals surface area contributed by atoms with Gasteiger partial charge in [-0.05, 0) is 74.7 Å². The fourth-order valence-corrected chi connectivity index (χ4v) is 4.79. The maximum atomic E-state index is 12.6. The highest BCUT2D eigenvalue weighted by Crippen LogP contribution is 2.21. The van der Waals surface area contributed by atoms with Crippen molar-refractivity contribution in [3.63, 3.8) is 0 Å². The number of anilines is 2. The first kappa shape index (κ1) is 26.8. The van der Waals surface area contributed by atoms with Crippen molar-refractivity contribution in [3.05, 3.63) is 78.4 Å². The molecule has 2 N–H and O–H groups in total. The first-order valence-corrected chi connectivity index (χ1v) is 13.9. The van der Waals surface area contributed by atoms with E-state index in [9.17, 15) is 18.0 Å². The molecule has 0 aliphatic rings. The third-order valence-electron chi connectivity index (χ3n) is 5.22. The highest BCUT2D eigenvalue weighted by Gasteiger charge is 2.21. The van der Waals surface area contributed by atoms with E-state index in [1.54, 1.807) is 30.3 Å². The number of esters is 1. The van der Waals surface area contributed by atoms with Crippen LogP contribution in [0.2, 0.25) is 0 Å². The van der Waals surface area contributed by atoms with Gasteiger partial charge in [0.1, 0.15) is 5.82 Å². The summed E-state index contributed by atoms with van der Waals surface area (Å²) in [6.07, 6.45) is 3.61. The highest BCUT2D eigenvalue weighted by molar-refractivity contribution is 7.98. The predicted octanol–water partition coefficient (Wildman–Crippen LogP) is 3.07. The molecule has 0 radical (unpaired) electrons. The van der Waals surface area contributed by atoms with Crippen LogP contribution in [0.5, 0.6) is 0 Å². The van der Waals surface area contributed by atoms with Gasteiger partial charge in [-0.15, -0.1) is 10.2 Å². The van der Waals surface area contributed by atoms with Crippen LogP contribution in [0.4, 0.5) is 11.6 Å². The lowest BCUT2D eigenvalue weighted by atomic mass is 10.2. The molecular formula is C24H23N7O5S2. The number of aryl methyl sites for hydroxylation is 1. The summed E-state index contributed by atoms with van der Waals surface area (Å²) in [5.74, 6) is -0.595. The van der Waals surface area contributed by atoms with Gasteiger partial charge in [-0.3, -0.25) is 9.36 Å². The van der Waals surface area contributed by atoms with Crippen molar-refractivity contribution < 1.29 is 22.7 Å². The van der Waals surface area contributed by atoms with E-state index in [1.165, 1.54) is 55.3 Å². The Balaban J connectivity index is 1.35. The molecule has 12 nitrogen and oxygen atoms in total. The molecule has 0 spiro atoms. The van der Waals surface area contributed by atoms with E-state index in [1.807, 2.05) is 17.7 Å². The van der Waals surface area contributed by atoms with Crippen molar-refractivity contribution in [2.45, 2.75) is 30.0 Å². The zero-order valence-electron chi connectivity index (χ0n) is 20.5. The molecule has 0 saturated carbocycles. The Kier molecular flexibility index (Phi) is 8.02. The number of hydrogen-bond acceptors (Lipinski definition) is 10. The van der Waals surface area contributed by atoms with E-state index in [0.29, 0.717) is 11.5 Å². The fraction of sp³-hybridized carbons (Fsp3) is 0.167. The van der Waals surface area contributed by atoms with Crippen LogP contribution >= 0.6 is 11.8 Å². The second-order valence-electron chi connectivity index (χ2n) is 7.86. The number of carbonyl (C=O) groups is 2. The van der Waals surface area contributed by atoms with Crippen LogP contribution in [-0.4, -0.2) is 57.4 Å². The quantitative estimate of drug-likeness (QED) is 0.233. The fourth-order valence-electron chi connectivity index (χ4n) is 3.29. The molecule has 1 atom stereocenters. The topological polar surface area (TPSA) is 158 Å². The van der Waals surface area contributed by atoms with Crippen molar-refractivity contribution in [2.24, 2.45) is 0 Å². The third-order valence-corrected chi connectivity index (χ3v) is 7.19. The van der Waals surface area contributed by atoms with Crippen LogP contribution in [0.3, 0.4) is 0 Å². The maximum absolute atomic E-state index is 12.6. The molecule has 1 amide bonds. The highest BCUT2D eigenvalue weighted by atomic mass is 32.2. The van der Waals surface area contributed by atoms with E-state index >= 15 is 0 Å². The number of hydrogen-bond donors (Lipinski definition) is 2. The Morgan fingerprint density at radius 1 is 1.00 bits per heavy atom. The maximum Gasteiger partial charge on any atom is 0.338 e. The Labute approximate surface area is 222 Å². The summed E-state index contributed by atoms with van der Waals surface area (Å²) in [6, 6.07) is 13.7. The molecule has 4 aromatic rings. The second kappa shape index (κ2) is 11.4. The monoisotopic (exact) mass is 553 g/mol. The third kappa shape index (κ3) is 6.15. The van der Waals surface area contributed by atoms with E-state index in [2.05, 4.69) is 30.2 Å². The number of nitrogens with one attached hydrogen (secondary N) is 2. The number of benzene rings is 2. The van der Waals surface area contributed by atoms with Gasteiger partial charge in [0.05, 0.1) is 10.5 Å². The smallest absolute Gasteiger partial charge is 0.338 e. The Hall–Kier alpha value is -4.30. The van der Waals surface area contributed by atoms with Gasteiger partial charge in [-0.25, -0.2) is 27.9 Å². The van der Waals surface area contributed by atoms with Crippen LogP contribution in [0.15, 0.2) is 77.0 Å². The number of amides is 1. The summed E-state index contributed by atoms with van der Waals surface area (Å²) in [5.41, 5.74) is 1.39. The van der Waals surface area contributed by atoms with Crippen molar-refractivity contribution in [1.82, 2.24) is 24.7 Å². The molecule has 0 saturated heterocycles. The van der Waals surface area contributed by atoms with Gasteiger partial charge in [0.25, 0.3) is 15.9 Å². The van der Waals surface area contributed by atoms with Gasteiger partial charge < -0.3 is 10.1 Å². The SMILES string of the molecule is CSc1nnc(C)n1-c1ccc(C(=O)OC(C)C(=O)Nc2ccc(S(=O)(=O)Nc3ncccn3)cc2)cc1. The average molecular weight is 554 g/mol. The lowest BCUT2D eigenvalue weighted by Gasteiger charge is -2.14. The normalized spacial score (nSPS) is 12.0. The number of rotatable bonds is 9. The molecule has 0 fully saturated rings. The number of ether oxygens (including phenoxy) is 1. The lowest BCUT2D eigenvalue weighted by Crippen LogP contribution is -2.30. The van der Waals surface area contributed by atoms with E-state index in [4.69, 9.17) is 4.74 Å². The molecule has 1 unspecified atom stereocenters. The Bertz CT molecular complexity index is 1540. The molecule has 2 heterocycles. The van der Waals surface area contributed by atoms with Crippen LogP contribution in [0.25, 0.3) is 5.69 Å². The van der Waals surface area contributed by atoms with E-state index in [0.717, 1.165) is 10.8 Å². The summed E-state index contributed by atoms with van der Waals surface area (Å²) in [7, 11) is -3.91. The van der Waals surface area contributed by atoms with Crippen LogP contribution in [-0.2, 0) is 19.6 Å². The average Bonchev–Trinajstić information content (AvgIpc) is 3.29. The zero-order chi connectivity index (χ0) is 27.3. The molecule has 4 rings (SSSR count). The number of carbonyl (C=O) groups excluding carboxylic acids is 2. The summed E-state index contributed by atoms with van der Waals surface area (Å²) >= 11 is 1.45. The summed E-state index contributed by atoms with van der Waals surface area (Å²) in [6.45, 7) is 3.27. The minimum atomic E-state index is -3.91. The summed E-state index contributed by atoms with van der Waals surface area (Å²) in [5, 5.41) is 11.5. The molecule has 14 heteroatoms. The number of thioether (sulfide) groups is 1. The molecular weight excluding hydrogens is 530 g/mol. The first-order chi connectivity index (χ1) is 18.2. The van der Waals surface area contributed by atoms with E-state index < -0.39 is 28.0 Å². The molecule has 0 aliphatic heterocycles. The molecule has 2 aromatic heterocycles. The summed E-state index contributed by atoms with van der Waals surface area (Å²) in [4.78, 5) is 32.8. The van der Waals surface area contributed by atoms with Gasteiger partial charge in [0.15, 0.2) is 11.3 Å². The van der Waals surface area contributed by atoms with Gasteiger partial charge in [0.2, 0.25) is 5.95 Å². The Morgan fingerprint density at radius 3 is 2.29 bits per heavy atom. The predicted molar refractivity (Wildman–Crippen MR) is 141 cm³/mol. The standard InChI is InChI=1S/C24H23N7O5S2/c1-15(36-22(33)17-5-9-19(10-6-17)31-16(2)28-29-24(31)37-3)21(32)27-18-7-11-20(12-8-18)38(34,35)30-23-25-13-4-14-26-23/h4-15H,1-3H3,(H,27,32)(H,25,26,30). The lowest BCUT2D eigenvalue weighted by molar-refractivity contribution is -0.123. The van der Waals surface area contributed by atoms with Gasteiger partial charge in [-0.2, -0.15) is 0 Å². The van der Waals surface area contributed by atoms with Gasteiger partial charge in [0, 0.05) is 23.8 Å². The Morgan fingerprint density at radius 2 is 1.66 bits per heavy atom. The first-order valence-electron chi connectivity index (χ1n) is 11.2. The van der Waals surface area contributed by atoms with E-state index in [-0.39, 0.29) is 16.4 Å². The largest absolute Gasteiger partial charge is 0.449 e. The van der Waals surface area contributed by atoms with Crippen LogP contribution in [0.1, 0.15) is 23.1 Å². The number of aromatic nitrogens is 5. The second-order valence-corrected chi connectivity index (χ2v) is 10.3. The number of sulfonamides is 1. The van der Waals surface area contributed by atoms with Crippen molar-refractivity contribution in [1.29, 1.82) is 0 Å². The van der Waals surface area contributed by atoms with Crippen LogP contribution < -0.4 is 10.0 Å². The molecule has 38 heavy (non-hydrogen) atoms. The minimum absolute atomic E-state index is 0.0443. The summed E-state index contributed by atoms with van der Waals surface area (Å²) < 4.78 is 34.4. The number of nitrogens with zero attached hydrogens (tertiary/aromatic N) is 5. The van der Waals surface area contributed by atoms with Gasteiger partial charge >= 0.3 is 5.97 Å². The van der Waals surface area contributed by atoms with Gasteiger partial charge in [-0.1, -0.05) is 11.8 Å². The van der Waals surface area contributed by atoms with Crippen molar-refractivity contribution >= 4 is 45.3 Å². The minimum Gasteiger partial charge on any atom is -0.449 e. The molecule has 0 aliphatic carbocycles. The zero-order valence-corrected chi connectivity index (χ0v) is 22.2. The van der Waals surface area contributed by atoms with Crippen molar-refractivity contribution in [2.75, 3.05) is 16.3 Å². The van der Waals surface area contributed by atoms with Crippen LogP contribution in [0, 0.1) is 6.92 Å².